The van der Waals surface area contributed by atoms with Gasteiger partial charge in [-0.05, 0) is 31.1 Å². The zero-order valence-electron chi connectivity index (χ0n) is 14.4. The lowest BCUT2D eigenvalue weighted by atomic mass is 9.67. The normalized spacial score (nSPS) is 34.0. The minimum Gasteiger partial charge on any atom is -0.423 e. The first-order chi connectivity index (χ1) is 11.7. The zero-order chi connectivity index (χ0) is 16.5. The third-order valence-corrected chi connectivity index (χ3v) is 6.08. The lowest BCUT2D eigenvalue weighted by molar-refractivity contribution is -0.146. The van der Waals surface area contributed by atoms with Gasteiger partial charge in [0.05, 0.1) is 13.2 Å². The molecule has 0 radical (unpaired) electrons. The first-order valence-electron chi connectivity index (χ1n) is 9.41. The van der Waals surface area contributed by atoms with Gasteiger partial charge in [0.2, 0.25) is 17.7 Å². The second-order valence-corrected chi connectivity index (χ2v) is 7.62. The topological polar surface area (TPSA) is 68.5 Å². The summed E-state index contributed by atoms with van der Waals surface area (Å²) in [7, 11) is 0. The van der Waals surface area contributed by atoms with E-state index < -0.39 is 0 Å². The summed E-state index contributed by atoms with van der Waals surface area (Å²) in [5.74, 6) is 3.18. The van der Waals surface area contributed by atoms with Gasteiger partial charge in [-0.1, -0.05) is 25.7 Å². The van der Waals surface area contributed by atoms with Crippen LogP contribution in [0.25, 0.3) is 0 Å². The van der Waals surface area contributed by atoms with Crippen LogP contribution in [0.3, 0.4) is 0 Å². The van der Waals surface area contributed by atoms with Crippen molar-refractivity contribution >= 4 is 5.91 Å². The summed E-state index contributed by atoms with van der Waals surface area (Å²) in [6.45, 7) is 3.51. The van der Waals surface area contributed by atoms with Crippen molar-refractivity contribution in [2.75, 3.05) is 19.7 Å². The molecule has 4 atom stereocenters. The molecule has 1 amide bonds. The van der Waals surface area contributed by atoms with E-state index in [9.17, 15) is 4.79 Å². The summed E-state index contributed by atoms with van der Waals surface area (Å²) in [6, 6.07) is 0. The van der Waals surface area contributed by atoms with E-state index >= 15 is 0 Å². The largest absolute Gasteiger partial charge is 0.423 e. The number of hydrogen-bond donors (Lipinski definition) is 0. The van der Waals surface area contributed by atoms with Crippen molar-refractivity contribution in [2.24, 2.45) is 17.8 Å². The molecule has 4 unspecified atom stereocenters. The average Bonchev–Trinajstić information content (AvgIpc) is 3.07. The molecule has 0 N–H and O–H groups in total. The molecule has 4 rings (SSSR count). The minimum atomic E-state index is -0.282. The molecule has 3 fully saturated rings. The van der Waals surface area contributed by atoms with Crippen molar-refractivity contribution in [2.45, 2.75) is 58.0 Å². The van der Waals surface area contributed by atoms with Crippen molar-refractivity contribution in [3.05, 3.63) is 11.8 Å². The van der Waals surface area contributed by atoms with Crippen LogP contribution in [-0.2, 0) is 9.53 Å². The Morgan fingerprint density at radius 2 is 1.96 bits per heavy atom. The number of nitrogens with zero attached hydrogens (tertiary/aromatic N) is 3. The highest BCUT2D eigenvalue weighted by atomic mass is 16.5. The first-order valence-corrected chi connectivity index (χ1v) is 9.41. The minimum absolute atomic E-state index is 0.201. The summed E-state index contributed by atoms with van der Waals surface area (Å²) in [5, 5.41) is 7.92. The van der Waals surface area contributed by atoms with Gasteiger partial charge in [0.15, 0.2) is 6.10 Å². The van der Waals surface area contributed by atoms with E-state index in [1.807, 2.05) is 4.90 Å². The Bertz CT molecular complexity index is 588. The number of carbonyl (C=O) groups is 1. The van der Waals surface area contributed by atoms with Gasteiger partial charge < -0.3 is 14.1 Å². The molecule has 6 heteroatoms. The molecule has 132 valence electrons. The Kier molecular flexibility index (Phi) is 4.57. The van der Waals surface area contributed by atoms with Crippen molar-refractivity contribution in [3.63, 3.8) is 0 Å². The third kappa shape index (κ3) is 3.21. The fraction of sp³-hybridized carbons (Fsp3) is 0.833. The molecule has 2 aliphatic carbocycles. The second kappa shape index (κ2) is 6.82. The number of amides is 1. The fourth-order valence-corrected chi connectivity index (χ4v) is 4.80. The Labute approximate surface area is 142 Å². The fourth-order valence-electron chi connectivity index (χ4n) is 4.80. The number of aryl methyl sites for hydroxylation is 1. The molecule has 1 aliphatic heterocycles. The summed E-state index contributed by atoms with van der Waals surface area (Å²) < 4.78 is 11.2. The average molecular weight is 333 g/mol. The highest BCUT2D eigenvalue weighted by Crippen LogP contribution is 2.43. The maximum absolute atomic E-state index is 13.0. The van der Waals surface area contributed by atoms with Crippen molar-refractivity contribution in [1.82, 2.24) is 15.1 Å². The molecule has 3 aliphatic rings. The molecule has 0 spiro atoms. The number of carbonyl (C=O) groups excluding carboxylic acids is 1. The van der Waals surface area contributed by atoms with E-state index in [4.69, 9.17) is 9.15 Å². The first kappa shape index (κ1) is 16.1. The highest BCUT2D eigenvalue weighted by molar-refractivity contribution is 5.79. The zero-order valence-corrected chi connectivity index (χ0v) is 14.4. The second-order valence-electron chi connectivity index (χ2n) is 7.62. The van der Waals surface area contributed by atoms with Crippen molar-refractivity contribution in [1.29, 1.82) is 0 Å². The Morgan fingerprint density at radius 1 is 1.12 bits per heavy atom. The summed E-state index contributed by atoms with van der Waals surface area (Å²) in [4.78, 5) is 15.0. The van der Waals surface area contributed by atoms with Crippen LogP contribution in [0.4, 0.5) is 0 Å². The number of hydrogen-bond acceptors (Lipinski definition) is 5. The Hall–Kier alpha value is -1.43. The number of fused-ring (bicyclic) bond motifs is 1. The van der Waals surface area contributed by atoms with Crippen LogP contribution in [0.15, 0.2) is 4.42 Å². The monoisotopic (exact) mass is 333 g/mol. The quantitative estimate of drug-likeness (QED) is 0.832. The third-order valence-electron chi connectivity index (χ3n) is 6.08. The van der Waals surface area contributed by atoms with E-state index in [0.717, 1.165) is 24.7 Å². The SMILES string of the molecule is Cc1nnc(C2CN(C(=O)C3CCC4CCCCC4C3)CCO2)o1. The molecule has 0 aromatic carbocycles. The van der Waals surface area contributed by atoms with E-state index in [1.54, 1.807) is 6.92 Å². The summed E-state index contributed by atoms with van der Waals surface area (Å²) in [5.41, 5.74) is 0. The van der Waals surface area contributed by atoms with Gasteiger partial charge in [-0.25, -0.2) is 0 Å². The molecule has 1 aromatic rings. The van der Waals surface area contributed by atoms with E-state index in [-0.39, 0.29) is 12.0 Å². The maximum Gasteiger partial charge on any atom is 0.246 e. The molecule has 6 nitrogen and oxygen atoms in total. The summed E-state index contributed by atoms with van der Waals surface area (Å²) in [6.07, 6.45) is 8.52. The van der Waals surface area contributed by atoms with Crippen LogP contribution in [0.1, 0.15) is 62.8 Å². The number of ether oxygens (including phenoxy) is 1. The lowest BCUT2D eigenvalue weighted by Gasteiger charge is -2.41. The van der Waals surface area contributed by atoms with Crippen LogP contribution < -0.4 is 0 Å². The Balaban J connectivity index is 1.38. The van der Waals surface area contributed by atoms with Gasteiger partial charge in [0.25, 0.3) is 0 Å². The van der Waals surface area contributed by atoms with E-state index in [2.05, 4.69) is 10.2 Å². The number of aromatic nitrogens is 2. The standard InChI is InChI=1S/C18H27N3O3/c1-12-19-20-17(24-12)16-11-21(8-9-23-16)18(22)15-7-6-13-4-2-3-5-14(13)10-15/h13-16H,2-11H2,1H3. The van der Waals surface area contributed by atoms with Crippen molar-refractivity contribution in [3.8, 4) is 0 Å². The van der Waals surface area contributed by atoms with Crippen LogP contribution >= 0.6 is 0 Å². The van der Waals surface area contributed by atoms with Gasteiger partial charge in [-0.15, -0.1) is 10.2 Å². The Morgan fingerprint density at radius 3 is 2.75 bits per heavy atom. The molecular formula is C18H27N3O3. The molecule has 24 heavy (non-hydrogen) atoms. The lowest BCUT2D eigenvalue weighted by Crippen LogP contribution is -2.46. The van der Waals surface area contributed by atoms with E-state index in [1.165, 1.54) is 32.1 Å². The summed E-state index contributed by atoms with van der Waals surface area (Å²) >= 11 is 0. The molecule has 0 bridgehead atoms. The molecule has 2 heterocycles. The van der Waals surface area contributed by atoms with Crippen LogP contribution in [0, 0.1) is 24.7 Å². The molecule has 2 saturated carbocycles. The van der Waals surface area contributed by atoms with Gasteiger partial charge >= 0.3 is 0 Å². The molecule has 1 aromatic heterocycles. The van der Waals surface area contributed by atoms with Crippen LogP contribution in [-0.4, -0.2) is 40.7 Å². The smallest absolute Gasteiger partial charge is 0.246 e. The van der Waals surface area contributed by atoms with E-state index in [0.29, 0.717) is 37.4 Å². The van der Waals surface area contributed by atoms with Gasteiger partial charge in [0.1, 0.15) is 0 Å². The predicted molar refractivity (Wildman–Crippen MR) is 87.1 cm³/mol. The number of rotatable bonds is 2. The van der Waals surface area contributed by atoms with Crippen LogP contribution in [0.2, 0.25) is 0 Å². The van der Waals surface area contributed by atoms with Gasteiger partial charge in [-0.2, -0.15) is 0 Å². The number of morpholine rings is 1. The molecular weight excluding hydrogens is 306 g/mol. The van der Waals surface area contributed by atoms with Gasteiger partial charge in [0, 0.05) is 19.4 Å². The maximum atomic E-state index is 13.0. The molecule has 1 saturated heterocycles. The van der Waals surface area contributed by atoms with Crippen LogP contribution in [0.5, 0.6) is 0 Å². The van der Waals surface area contributed by atoms with Gasteiger partial charge in [-0.3, -0.25) is 4.79 Å². The van der Waals surface area contributed by atoms with Crippen molar-refractivity contribution < 1.29 is 13.9 Å². The highest BCUT2D eigenvalue weighted by Gasteiger charge is 2.38. The predicted octanol–water partition coefficient (Wildman–Crippen LogP) is 2.88.